The average molecular weight is 655 g/mol. The number of nitrogens with one attached hydrogen (secondary N) is 3. The van der Waals surface area contributed by atoms with E-state index in [9.17, 15) is 28.8 Å². The quantitative estimate of drug-likeness (QED) is 0.226. The Bertz CT molecular complexity index is 1350. The molecule has 13 nitrogen and oxygen atoms in total. The number of rotatable bonds is 12. The van der Waals surface area contributed by atoms with Crippen molar-refractivity contribution in [3.05, 3.63) is 24.3 Å². The second-order valence-electron chi connectivity index (χ2n) is 15.3. The largest absolute Gasteiger partial charge is 0.450 e. The third-order valence-electron chi connectivity index (χ3n) is 9.21. The maximum absolute atomic E-state index is 14.4. The van der Waals surface area contributed by atoms with Crippen LogP contribution < -0.4 is 16.0 Å². The summed E-state index contributed by atoms with van der Waals surface area (Å²) in [5, 5.41) is 8.22. The molecule has 0 aromatic carbocycles. The van der Waals surface area contributed by atoms with Gasteiger partial charge >= 0.3 is 5.97 Å². The molecule has 2 aliphatic carbocycles. The molecule has 3 fully saturated rings. The zero-order chi connectivity index (χ0) is 34.7. The van der Waals surface area contributed by atoms with Gasteiger partial charge in [-0.3, -0.25) is 29.0 Å². The molecule has 1 aromatic rings. The van der Waals surface area contributed by atoms with Gasteiger partial charge in [0.2, 0.25) is 11.7 Å². The van der Waals surface area contributed by atoms with Crippen LogP contribution in [0.25, 0.3) is 0 Å². The summed E-state index contributed by atoms with van der Waals surface area (Å²) >= 11 is 0. The van der Waals surface area contributed by atoms with Crippen LogP contribution in [0.3, 0.4) is 0 Å². The summed E-state index contributed by atoms with van der Waals surface area (Å²) in [5.41, 5.74) is -1.63. The number of hydrogen-bond donors (Lipinski definition) is 3. The number of aromatic nitrogens is 2. The van der Waals surface area contributed by atoms with E-state index >= 15 is 0 Å². The monoisotopic (exact) mass is 654 g/mol. The molecule has 0 radical (unpaired) electrons. The summed E-state index contributed by atoms with van der Waals surface area (Å²) in [6.07, 6.45) is 7.82. The minimum absolute atomic E-state index is 0.00174. The minimum Gasteiger partial charge on any atom is -0.450 e. The smallest absolute Gasteiger partial charge is 0.330 e. The molecule has 3 aliphatic rings. The highest BCUT2D eigenvalue weighted by molar-refractivity contribution is 6.38. The topological polar surface area (TPSA) is 177 Å². The van der Waals surface area contributed by atoms with E-state index in [-0.39, 0.29) is 30.0 Å². The van der Waals surface area contributed by atoms with Gasteiger partial charge in [-0.2, -0.15) is 0 Å². The van der Waals surface area contributed by atoms with Crippen LogP contribution in [0.5, 0.6) is 0 Å². The van der Waals surface area contributed by atoms with Gasteiger partial charge in [0.05, 0.1) is 12.2 Å². The molecule has 4 amide bonds. The number of nitrogens with zero attached hydrogens (tertiary/aromatic N) is 3. The lowest BCUT2D eigenvalue weighted by Gasteiger charge is -2.37. The predicted molar refractivity (Wildman–Crippen MR) is 171 cm³/mol. The van der Waals surface area contributed by atoms with E-state index in [2.05, 4.69) is 25.9 Å². The molecule has 2 heterocycles. The van der Waals surface area contributed by atoms with E-state index in [1.54, 1.807) is 41.5 Å². The van der Waals surface area contributed by atoms with Crippen LogP contribution in [0.2, 0.25) is 0 Å². The second kappa shape index (κ2) is 14.5. The van der Waals surface area contributed by atoms with Crippen molar-refractivity contribution in [3.63, 3.8) is 0 Å². The van der Waals surface area contributed by atoms with Gasteiger partial charge < -0.3 is 25.6 Å². The number of hydrogen-bond acceptors (Lipinski definition) is 9. The number of fused-ring (bicyclic) bond motifs is 1. The first-order valence-electron chi connectivity index (χ1n) is 16.8. The van der Waals surface area contributed by atoms with Crippen LogP contribution in [0.1, 0.15) is 104 Å². The van der Waals surface area contributed by atoms with Crippen molar-refractivity contribution >= 4 is 35.4 Å². The van der Waals surface area contributed by atoms with Crippen molar-refractivity contribution < 1.29 is 33.5 Å². The van der Waals surface area contributed by atoms with Crippen LogP contribution in [0.15, 0.2) is 18.6 Å². The fraction of sp³-hybridized carbons (Fsp3) is 0.706. The van der Waals surface area contributed by atoms with Crippen LogP contribution in [-0.2, 0) is 28.7 Å². The number of esters is 1. The molecule has 47 heavy (non-hydrogen) atoms. The Hall–Kier alpha value is -3.90. The summed E-state index contributed by atoms with van der Waals surface area (Å²) in [6, 6.07) is -3.02. The van der Waals surface area contributed by atoms with Crippen LogP contribution >= 0.6 is 0 Å². The van der Waals surface area contributed by atoms with E-state index < -0.39 is 70.4 Å². The molecule has 4 rings (SSSR count). The zero-order valence-electron chi connectivity index (χ0n) is 28.6. The number of ether oxygens (including phenoxy) is 1. The molecule has 3 N–H and O–H groups in total. The molecule has 1 saturated heterocycles. The van der Waals surface area contributed by atoms with Gasteiger partial charge in [0.1, 0.15) is 17.8 Å². The zero-order valence-corrected chi connectivity index (χ0v) is 28.6. The van der Waals surface area contributed by atoms with Gasteiger partial charge in [-0.05, 0) is 49.4 Å². The highest BCUT2D eigenvalue weighted by atomic mass is 16.6. The van der Waals surface area contributed by atoms with Gasteiger partial charge in [0.15, 0.2) is 6.10 Å². The highest BCUT2D eigenvalue weighted by Gasteiger charge is 2.53. The maximum atomic E-state index is 14.4. The van der Waals surface area contributed by atoms with Gasteiger partial charge in [-0.15, -0.1) is 0 Å². The number of Topliss-reactive ketones (excluding diaryl/α,β-unsaturated/α-hetero) is 1. The Morgan fingerprint density at radius 1 is 0.957 bits per heavy atom. The molecule has 1 aliphatic heterocycles. The van der Waals surface area contributed by atoms with Gasteiger partial charge in [-0.25, -0.2) is 9.78 Å². The lowest BCUT2D eigenvalue weighted by atomic mass is 9.85. The summed E-state index contributed by atoms with van der Waals surface area (Å²) in [4.78, 5) is 90.2. The SMILES string of the molecule is CCCC(NC(=O)[C@@H]1[C@H]2CCC[C@H]2CN1C(=O)[C@@H](OC(=O)[C@@H](NC(=O)c1cnccn1)C(C)(C)C)C(C)(C)C)C(=O)C(=O)NC1CC1. The van der Waals surface area contributed by atoms with Crippen molar-refractivity contribution in [2.75, 3.05) is 6.54 Å². The minimum atomic E-state index is -1.28. The van der Waals surface area contributed by atoms with Gasteiger partial charge in [-0.1, -0.05) is 61.3 Å². The third kappa shape index (κ3) is 8.72. The summed E-state index contributed by atoms with van der Waals surface area (Å²) in [6.45, 7) is 12.8. The van der Waals surface area contributed by atoms with Crippen LogP contribution in [0.4, 0.5) is 0 Å². The Labute approximate surface area is 276 Å². The molecule has 1 aromatic heterocycles. The molecule has 1 unspecified atom stereocenters. The maximum Gasteiger partial charge on any atom is 0.330 e. The molecular weight excluding hydrogens is 604 g/mol. The third-order valence-corrected chi connectivity index (χ3v) is 9.21. The molecule has 0 bridgehead atoms. The first-order valence-corrected chi connectivity index (χ1v) is 16.8. The average Bonchev–Trinajstić information content (AvgIpc) is 3.57. The van der Waals surface area contributed by atoms with E-state index in [0.717, 1.165) is 32.1 Å². The van der Waals surface area contributed by atoms with Crippen LogP contribution in [-0.4, -0.2) is 87.1 Å². The standard InChI is InChI=1S/C34H50N6O7/c1-8-10-22(25(41)30(44)37-20-13-14-20)38-29(43)24-21-12-9-11-19(21)18-40(24)31(45)27(34(5,6)7)47-32(46)26(33(2,3)4)39-28(42)23-17-35-15-16-36-23/h15-17,19-22,24,26-27H,8-14,18H2,1-7H3,(H,37,44)(H,38,43)(H,39,42)/t19-,21-,22?,24-,26+,27+/m0/s1. The first kappa shape index (κ1) is 35.9. The van der Waals surface area contributed by atoms with E-state index in [4.69, 9.17) is 4.74 Å². The van der Waals surface area contributed by atoms with E-state index in [0.29, 0.717) is 13.0 Å². The fourth-order valence-electron chi connectivity index (χ4n) is 6.51. The second-order valence-corrected chi connectivity index (χ2v) is 15.3. The Morgan fingerprint density at radius 3 is 2.23 bits per heavy atom. The fourth-order valence-corrected chi connectivity index (χ4v) is 6.51. The van der Waals surface area contributed by atoms with E-state index in [1.807, 2.05) is 6.92 Å². The molecule has 6 atom stereocenters. The summed E-state index contributed by atoms with van der Waals surface area (Å²) in [5.74, 6) is -3.84. The Kier molecular flexibility index (Phi) is 11.1. The van der Waals surface area contributed by atoms with Crippen molar-refractivity contribution in [1.82, 2.24) is 30.8 Å². The molecule has 0 spiro atoms. The number of amides is 4. The highest BCUT2D eigenvalue weighted by Crippen LogP contribution is 2.43. The Morgan fingerprint density at radius 2 is 1.66 bits per heavy atom. The van der Waals surface area contributed by atoms with Crippen molar-refractivity contribution in [3.8, 4) is 0 Å². The molecule has 258 valence electrons. The van der Waals surface area contributed by atoms with Crippen molar-refractivity contribution in [1.29, 1.82) is 0 Å². The normalized spacial score (nSPS) is 22.8. The summed E-state index contributed by atoms with van der Waals surface area (Å²) in [7, 11) is 0. The number of carbonyl (C=O) groups is 6. The number of carbonyl (C=O) groups excluding carboxylic acids is 6. The van der Waals surface area contributed by atoms with Gasteiger partial charge in [0, 0.05) is 30.4 Å². The lowest BCUT2D eigenvalue weighted by molar-refractivity contribution is -0.172. The molecule has 13 heteroatoms. The van der Waals surface area contributed by atoms with Crippen LogP contribution in [0, 0.1) is 22.7 Å². The number of likely N-dealkylation sites (tertiary alicyclic amines) is 1. The lowest BCUT2D eigenvalue weighted by Crippen LogP contribution is -2.58. The Balaban J connectivity index is 1.55. The van der Waals surface area contributed by atoms with Crippen molar-refractivity contribution in [2.45, 2.75) is 124 Å². The summed E-state index contributed by atoms with van der Waals surface area (Å²) < 4.78 is 5.98. The molecule has 2 saturated carbocycles. The predicted octanol–water partition coefficient (Wildman–Crippen LogP) is 2.34. The van der Waals surface area contributed by atoms with Crippen molar-refractivity contribution in [2.24, 2.45) is 22.7 Å². The number of ketones is 1. The van der Waals surface area contributed by atoms with Gasteiger partial charge in [0.25, 0.3) is 17.7 Å². The molecular formula is C34H50N6O7. The van der Waals surface area contributed by atoms with E-state index in [1.165, 1.54) is 23.5 Å². The first-order chi connectivity index (χ1) is 22.0.